The molecule has 0 aromatic heterocycles. The minimum Gasteiger partial charge on any atom is -0.480 e. The summed E-state index contributed by atoms with van der Waals surface area (Å²) in [4.78, 5) is 22.8. The van der Waals surface area contributed by atoms with Crippen molar-refractivity contribution in [2.45, 2.75) is 25.3 Å². The first-order chi connectivity index (χ1) is 8.95. The van der Waals surface area contributed by atoms with Gasteiger partial charge in [0.15, 0.2) is 0 Å². The van der Waals surface area contributed by atoms with Crippen molar-refractivity contribution < 1.29 is 23.5 Å². The largest absolute Gasteiger partial charge is 0.480 e. The zero-order chi connectivity index (χ0) is 14.0. The summed E-state index contributed by atoms with van der Waals surface area (Å²) in [7, 11) is 0. The molecule has 6 heteroatoms. The number of hydrogen-bond acceptors (Lipinski definition) is 2. The fourth-order valence-electron chi connectivity index (χ4n) is 1.83. The molecule has 0 radical (unpaired) electrons. The topological polar surface area (TPSA) is 66.4 Å². The van der Waals surface area contributed by atoms with Gasteiger partial charge in [0, 0.05) is 11.6 Å². The summed E-state index contributed by atoms with van der Waals surface area (Å²) in [5.41, 5.74) is -0.223. The van der Waals surface area contributed by atoms with Gasteiger partial charge in [-0.1, -0.05) is 12.8 Å². The number of carbonyl (C=O) groups excluding carboxylic acids is 1. The SMILES string of the molecule is O=C(NC(CC1CC1)C(=O)O)c1cc(F)cc(F)c1. The minimum atomic E-state index is -1.14. The molecular formula is C13H13F2NO3. The van der Waals surface area contributed by atoms with Crippen molar-refractivity contribution in [2.75, 3.05) is 0 Å². The first-order valence-corrected chi connectivity index (χ1v) is 5.95. The zero-order valence-corrected chi connectivity index (χ0v) is 10.0. The molecule has 1 aromatic carbocycles. The summed E-state index contributed by atoms with van der Waals surface area (Å²) < 4.78 is 25.9. The minimum absolute atomic E-state index is 0.223. The van der Waals surface area contributed by atoms with Crippen LogP contribution in [0.1, 0.15) is 29.6 Å². The summed E-state index contributed by atoms with van der Waals surface area (Å²) in [6.45, 7) is 0. The lowest BCUT2D eigenvalue weighted by Gasteiger charge is -2.14. The number of hydrogen-bond donors (Lipinski definition) is 2. The molecule has 0 saturated heterocycles. The summed E-state index contributed by atoms with van der Waals surface area (Å²) >= 11 is 0. The number of benzene rings is 1. The average molecular weight is 269 g/mol. The highest BCUT2D eigenvalue weighted by Crippen LogP contribution is 2.33. The van der Waals surface area contributed by atoms with E-state index in [0.29, 0.717) is 18.4 Å². The van der Waals surface area contributed by atoms with Crippen LogP contribution in [0.5, 0.6) is 0 Å². The third kappa shape index (κ3) is 3.74. The molecule has 1 fully saturated rings. The van der Waals surface area contributed by atoms with E-state index in [0.717, 1.165) is 25.0 Å². The predicted molar refractivity (Wildman–Crippen MR) is 62.6 cm³/mol. The second kappa shape index (κ2) is 5.34. The molecule has 19 heavy (non-hydrogen) atoms. The van der Waals surface area contributed by atoms with Crippen molar-refractivity contribution in [1.29, 1.82) is 0 Å². The molecule has 1 unspecified atom stereocenters. The molecule has 1 aliphatic rings. The van der Waals surface area contributed by atoms with Crippen molar-refractivity contribution >= 4 is 11.9 Å². The molecule has 1 atom stereocenters. The Bertz CT molecular complexity index is 494. The Morgan fingerprint density at radius 3 is 2.32 bits per heavy atom. The molecule has 4 nitrogen and oxygen atoms in total. The smallest absolute Gasteiger partial charge is 0.326 e. The van der Waals surface area contributed by atoms with Gasteiger partial charge in [0.25, 0.3) is 5.91 Å². The van der Waals surface area contributed by atoms with E-state index in [4.69, 9.17) is 5.11 Å². The Hall–Kier alpha value is -1.98. The summed E-state index contributed by atoms with van der Waals surface area (Å²) in [5, 5.41) is 11.3. The Morgan fingerprint density at radius 1 is 1.26 bits per heavy atom. The fraction of sp³-hybridized carbons (Fsp3) is 0.385. The van der Waals surface area contributed by atoms with Gasteiger partial charge >= 0.3 is 5.97 Å². The van der Waals surface area contributed by atoms with Crippen LogP contribution in [0.4, 0.5) is 8.78 Å². The summed E-state index contributed by atoms with van der Waals surface area (Å²) in [6.07, 6.45) is 2.25. The monoisotopic (exact) mass is 269 g/mol. The Balaban J connectivity index is 2.07. The third-order valence-electron chi connectivity index (χ3n) is 2.99. The van der Waals surface area contributed by atoms with Gasteiger partial charge in [-0.3, -0.25) is 4.79 Å². The van der Waals surface area contributed by atoms with Crippen LogP contribution in [-0.4, -0.2) is 23.0 Å². The summed E-state index contributed by atoms with van der Waals surface area (Å²) in [6, 6.07) is 1.37. The number of carboxylic acid groups (broad SMARTS) is 1. The van der Waals surface area contributed by atoms with Crippen molar-refractivity contribution in [3.8, 4) is 0 Å². The first-order valence-electron chi connectivity index (χ1n) is 5.95. The number of rotatable bonds is 5. The predicted octanol–water partition coefficient (Wildman–Crippen LogP) is 1.95. The van der Waals surface area contributed by atoms with Crippen LogP contribution in [0.3, 0.4) is 0 Å². The van der Waals surface area contributed by atoms with Gasteiger partial charge in [-0.15, -0.1) is 0 Å². The van der Waals surface area contributed by atoms with E-state index >= 15 is 0 Å². The van der Waals surface area contributed by atoms with Gasteiger partial charge in [0.1, 0.15) is 17.7 Å². The van der Waals surface area contributed by atoms with Gasteiger partial charge < -0.3 is 10.4 Å². The van der Waals surface area contributed by atoms with E-state index in [9.17, 15) is 18.4 Å². The Morgan fingerprint density at radius 2 is 1.84 bits per heavy atom. The van der Waals surface area contributed by atoms with Crippen LogP contribution in [0.2, 0.25) is 0 Å². The maximum Gasteiger partial charge on any atom is 0.326 e. The number of carboxylic acids is 1. The molecule has 2 rings (SSSR count). The molecule has 2 N–H and O–H groups in total. The molecule has 0 aliphatic heterocycles. The maximum absolute atomic E-state index is 13.0. The van der Waals surface area contributed by atoms with Crippen molar-refractivity contribution in [3.63, 3.8) is 0 Å². The van der Waals surface area contributed by atoms with Crippen molar-refractivity contribution in [3.05, 3.63) is 35.4 Å². The van der Waals surface area contributed by atoms with E-state index in [1.54, 1.807) is 0 Å². The van der Waals surface area contributed by atoms with Gasteiger partial charge in [-0.25, -0.2) is 13.6 Å². The normalized spacial score (nSPS) is 15.9. The van der Waals surface area contributed by atoms with Crippen LogP contribution in [-0.2, 0) is 4.79 Å². The van der Waals surface area contributed by atoms with Gasteiger partial charge in [-0.05, 0) is 24.5 Å². The van der Waals surface area contributed by atoms with Crippen LogP contribution in [0.25, 0.3) is 0 Å². The van der Waals surface area contributed by atoms with E-state index in [1.165, 1.54) is 0 Å². The van der Waals surface area contributed by atoms with E-state index < -0.39 is 29.6 Å². The van der Waals surface area contributed by atoms with Crippen molar-refractivity contribution in [2.24, 2.45) is 5.92 Å². The van der Waals surface area contributed by atoms with Gasteiger partial charge in [0.05, 0.1) is 0 Å². The maximum atomic E-state index is 13.0. The number of carbonyl (C=O) groups is 2. The van der Waals surface area contributed by atoms with E-state index in [-0.39, 0.29) is 5.56 Å². The standard InChI is InChI=1S/C13H13F2NO3/c14-9-4-8(5-10(15)6-9)12(17)16-11(13(18)19)3-7-1-2-7/h4-7,11H,1-3H2,(H,16,17)(H,18,19). The number of nitrogens with one attached hydrogen (secondary N) is 1. The molecule has 1 aromatic rings. The number of aliphatic carboxylic acids is 1. The fourth-order valence-corrected chi connectivity index (χ4v) is 1.83. The molecule has 0 bridgehead atoms. The van der Waals surface area contributed by atoms with Gasteiger partial charge in [0.2, 0.25) is 0 Å². The van der Waals surface area contributed by atoms with Crippen LogP contribution in [0, 0.1) is 17.6 Å². The molecule has 102 valence electrons. The van der Waals surface area contributed by atoms with Crippen LogP contribution < -0.4 is 5.32 Å². The average Bonchev–Trinajstić information content (AvgIpc) is 3.10. The van der Waals surface area contributed by atoms with Crippen LogP contribution in [0.15, 0.2) is 18.2 Å². The number of amides is 1. The highest BCUT2D eigenvalue weighted by atomic mass is 19.1. The molecule has 1 amide bonds. The van der Waals surface area contributed by atoms with E-state index in [2.05, 4.69) is 5.32 Å². The molecule has 1 aliphatic carbocycles. The lowest BCUT2D eigenvalue weighted by Crippen LogP contribution is -2.41. The highest BCUT2D eigenvalue weighted by molar-refractivity contribution is 5.96. The lowest BCUT2D eigenvalue weighted by atomic mass is 10.1. The first kappa shape index (κ1) is 13.5. The lowest BCUT2D eigenvalue weighted by molar-refractivity contribution is -0.139. The van der Waals surface area contributed by atoms with Gasteiger partial charge in [-0.2, -0.15) is 0 Å². The quantitative estimate of drug-likeness (QED) is 0.858. The molecule has 0 spiro atoms. The number of halogens is 2. The van der Waals surface area contributed by atoms with Crippen LogP contribution >= 0.6 is 0 Å². The Kier molecular flexibility index (Phi) is 3.78. The second-order valence-electron chi connectivity index (χ2n) is 4.70. The Labute approximate surface area is 108 Å². The van der Waals surface area contributed by atoms with Crippen molar-refractivity contribution in [1.82, 2.24) is 5.32 Å². The second-order valence-corrected chi connectivity index (χ2v) is 4.70. The molecule has 1 saturated carbocycles. The zero-order valence-electron chi connectivity index (χ0n) is 10.0. The van der Waals surface area contributed by atoms with E-state index in [1.807, 2.05) is 0 Å². The summed E-state index contributed by atoms with van der Waals surface area (Å²) in [5.74, 6) is -3.37. The highest BCUT2D eigenvalue weighted by Gasteiger charge is 2.30. The molecular weight excluding hydrogens is 256 g/mol. The molecule has 0 heterocycles. The third-order valence-corrected chi connectivity index (χ3v) is 2.99.